The van der Waals surface area contributed by atoms with Crippen molar-refractivity contribution in [2.45, 2.75) is 0 Å². The zero-order chi connectivity index (χ0) is 17.2. The molecule has 0 spiro atoms. The predicted molar refractivity (Wildman–Crippen MR) is 99.0 cm³/mol. The van der Waals surface area contributed by atoms with Gasteiger partial charge in [0.1, 0.15) is 10.7 Å². The summed E-state index contributed by atoms with van der Waals surface area (Å²) in [6.07, 6.45) is 0. The van der Waals surface area contributed by atoms with E-state index in [9.17, 15) is 5.11 Å². The molecule has 0 aliphatic carbocycles. The molecule has 0 aromatic heterocycles. The van der Waals surface area contributed by atoms with E-state index < -0.39 is 0 Å². The minimum Gasteiger partial charge on any atom is -0.507 e. The summed E-state index contributed by atoms with van der Waals surface area (Å²) in [4.78, 5) is 2.71. The van der Waals surface area contributed by atoms with E-state index in [1.54, 1.807) is 6.07 Å². The fourth-order valence-corrected chi connectivity index (χ4v) is 3.17. The number of ether oxygens (including phenoxy) is 3. The van der Waals surface area contributed by atoms with Gasteiger partial charge in [0.25, 0.3) is 0 Å². The molecule has 0 radical (unpaired) electrons. The fraction of sp³-hybridized carbons (Fsp3) is 0.278. The van der Waals surface area contributed by atoms with Crippen LogP contribution in [0.2, 0.25) is 0 Å². The van der Waals surface area contributed by atoms with Crippen LogP contribution < -0.4 is 19.7 Å². The monoisotopic (exact) mass is 358 g/mol. The third-order valence-electron chi connectivity index (χ3n) is 4.24. The zero-order valence-electron chi connectivity index (χ0n) is 13.5. The lowest BCUT2D eigenvalue weighted by Crippen LogP contribution is -2.36. The molecule has 1 saturated heterocycles. The summed E-state index contributed by atoms with van der Waals surface area (Å²) in [6.45, 7) is 3.47. The fourth-order valence-electron chi connectivity index (χ4n) is 2.89. The molecule has 1 fully saturated rings. The van der Waals surface area contributed by atoms with Crippen LogP contribution in [0.3, 0.4) is 0 Å². The van der Waals surface area contributed by atoms with Crippen LogP contribution in [0, 0.1) is 0 Å². The Balaban J connectivity index is 1.47. The first-order valence-electron chi connectivity index (χ1n) is 8.07. The van der Waals surface area contributed by atoms with Gasteiger partial charge in [0, 0.05) is 30.5 Å². The molecule has 2 aliphatic rings. The number of nitrogens with one attached hydrogen (secondary N) is 1. The summed E-state index contributed by atoms with van der Waals surface area (Å²) in [5.74, 6) is 1.17. The van der Waals surface area contributed by atoms with Crippen molar-refractivity contribution in [2.24, 2.45) is 0 Å². The molecule has 2 heterocycles. The van der Waals surface area contributed by atoms with Crippen LogP contribution >= 0.6 is 12.2 Å². The van der Waals surface area contributed by atoms with Gasteiger partial charge >= 0.3 is 0 Å². The largest absolute Gasteiger partial charge is 0.507 e. The minimum atomic E-state index is 0.0617. The van der Waals surface area contributed by atoms with Crippen LogP contribution in [0.25, 0.3) is 0 Å². The summed E-state index contributed by atoms with van der Waals surface area (Å²) in [5.41, 5.74) is 2.53. The standard InChI is InChI=1S/C18H18N2O4S/c21-15-10-17-16(23-11-24-17)9-14(15)18(25)19-12-1-3-13(4-2-12)20-5-7-22-8-6-20/h1-4,9-10,21H,5-8,11H2,(H,19,25). The predicted octanol–water partition coefficient (Wildman–Crippen LogP) is 2.75. The van der Waals surface area contributed by atoms with Crippen molar-refractivity contribution in [3.05, 3.63) is 42.0 Å². The van der Waals surface area contributed by atoms with Gasteiger partial charge in [-0.3, -0.25) is 0 Å². The summed E-state index contributed by atoms with van der Waals surface area (Å²) in [7, 11) is 0. The van der Waals surface area contributed by atoms with Gasteiger partial charge in [-0.1, -0.05) is 12.2 Å². The number of aromatic hydroxyl groups is 1. The molecule has 6 nitrogen and oxygen atoms in total. The molecule has 7 heteroatoms. The van der Waals surface area contributed by atoms with Crippen LogP contribution in [0.4, 0.5) is 11.4 Å². The highest BCUT2D eigenvalue weighted by molar-refractivity contribution is 7.81. The molecule has 0 amide bonds. The highest BCUT2D eigenvalue weighted by Crippen LogP contribution is 2.38. The molecule has 2 N–H and O–H groups in total. The van der Waals surface area contributed by atoms with Crippen LogP contribution in [-0.2, 0) is 4.74 Å². The third kappa shape index (κ3) is 3.33. The summed E-state index contributed by atoms with van der Waals surface area (Å²) in [5, 5.41) is 13.3. The second kappa shape index (κ2) is 6.78. The highest BCUT2D eigenvalue weighted by atomic mass is 32.1. The first kappa shape index (κ1) is 16.0. The van der Waals surface area contributed by atoms with E-state index in [1.807, 2.05) is 12.1 Å². The van der Waals surface area contributed by atoms with Crippen molar-refractivity contribution in [3.63, 3.8) is 0 Å². The normalized spacial score (nSPS) is 15.9. The van der Waals surface area contributed by atoms with E-state index in [0.717, 1.165) is 37.7 Å². The summed E-state index contributed by atoms with van der Waals surface area (Å²) >= 11 is 5.42. The van der Waals surface area contributed by atoms with Crippen LogP contribution in [-0.4, -0.2) is 43.2 Å². The Labute approximate surface area is 150 Å². The molecular formula is C18H18N2O4S. The number of fused-ring (bicyclic) bond motifs is 1. The third-order valence-corrected chi connectivity index (χ3v) is 4.56. The molecule has 130 valence electrons. The number of thiocarbonyl (C=S) groups is 1. The second-order valence-electron chi connectivity index (χ2n) is 5.82. The van der Waals surface area contributed by atoms with Gasteiger partial charge in [-0.15, -0.1) is 0 Å². The Morgan fingerprint density at radius 3 is 2.44 bits per heavy atom. The average Bonchev–Trinajstić information content (AvgIpc) is 3.09. The number of benzene rings is 2. The van der Waals surface area contributed by atoms with E-state index in [-0.39, 0.29) is 12.5 Å². The molecule has 2 aromatic carbocycles. The van der Waals surface area contributed by atoms with E-state index in [1.165, 1.54) is 6.07 Å². The number of morpholine rings is 1. The molecular weight excluding hydrogens is 340 g/mol. The van der Waals surface area contributed by atoms with Crippen molar-refractivity contribution in [3.8, 4) is 17.2 Å². The van der Waals surface area contributed by atoms with Gasteiger partial charge in [-0.05, 0) is 30.3 Å². The SMILES string of the molecule is Oc1cc2c(cc1C(=S)Nc1ccc(N3CCOCC3)cc1)OCO2. The maximum Gasteiger partial charge on any atom is 0.231 e. The molecule has 0 bridgehead atoms. The van der Waals surface area contributed by atoms with Crippen LogP contribution in [0.1, 0.15) is 5.56 Å². The van der Waals surface area contributed by atoms with E-state index in [2.05, 4.69) is 22.3 Å². The Kier molecular flexibility index (Phi) is 4.33. The number of anilines is 2. The number of hydrogen-bond acceptors (Lipinski definition) is 6. The van der Waals surface area contributed by atoms with Crippen molar-refractivity contribution >= 4 is 28.6 Å². The maximum atomic E-state index is 10.2. The lowest BCUT2D eigenvalue weighted by molar-refractivity contribution is 0.122. The van der Waals surface area contributed by atoms with Gasteiger partial charge in [0.2, 0.25) is 6.79 Å². The molecule has 2 aromatic rings. The van der Waals surface area contributed by atoms with Crippen molar-refractivity contribution in [1.29, 1.82) is 0 Å². The molecule has 25 heavy (non-hydrogen) atoms. The first-order chi connectivity index (χ1) is 12.2. The Morgan fingerprint density at radius 2 is 1.72 bits per heavy atom. The smallest absolute Gasteiger partial charge is 0.231 e. The Morgan fingerprint density at radius 1 is 1.04 bits per heavy atom. The Bertz CT molecular complexity index is 788. The van der Waals surface area contributed by atoms with E-state index in [4.69, 9.17) is 26.4 Å². The van der Waals surface area contributed by atoms with Crippen molar-refractivity contribution in [2.75, 3.05) is 43.3 Å². The maximum absolute atomic E-state index is 10.2. The van der Waals surface area contributed by atoms with E-state index in [0.29, 0.717) is 22.1 Å². The number of phenols is 1. The number of nitrogens with zero attached hydrogens (tertiary/aromatic N) is 1. The zero-order valence-corrected chi connectivity index (χ0v) is 14.3. The van der Waals surface area contributed by atoms with Gasteiger partial charge in [-0.25, -0.2) is 0 Å². The summed E-state index contributed by atoms with van der Waals surface area (Å²) in [6, 6.07) is 11.3. The second-order valence-corrected chi connectivity index (χ2v) is 6.23. The molecule has 2 aliphatic heterocycles. The average molecular weight is 358 g/mol. The summed E-state index contributed by atoms with van der Waals surface area (Å²) < 4.78 is 16.0. The lowest BCUT2D eigenvalue weighted by Gasteiger charge is -2.29. The van der Waals surface area contributed by atoms with Crippen LogP contribution in [0.15, 0.2) is 36.4 Å². The quantitative estimate of drug-likeness (QED) is 0.818. The molecule has 0 atom stereocenters. The van der Waals surface area contributed by atoms with Crippen LogP contribution in [0.5, 0.6) is 17.2 Å². The van der Waals surface area contributed by atoms with Crippen molar-refractivity contribution in [1.82, 2.24) is 0 Å². The Hall–Kier alpha value is -2.51. The molecule has 0 saturated carbocycles. The van der Waals surface area contributed by atoms with Gasteiger partial charge in [0.05, 0.1) is 18.8 Å². The van der Waals surface area contributed by atoms with Gasteiger partial charge in [-0.2, -0.15) is 0 Å². The first-order valence-corrected chi connectivity index (χ1v) is 8.48. The number of hydrogen-bond donors (Lipinski definition) is 2. The highest BCUT2D eigenvalue weighted by Gasteiger charge is 2.19. The van der Waals surface area contributed by atoms with Gasteiger partial charge < -0.3 is 29.5 Å². The number of rotatable bonds is 3. The van der Waals surface area contributed by atoms with Gasteiger partial charge in [0.15, 0.2) is 11.5 Å². The number of phenolic OH excluding ortho intramolecular Hbond substituents is 1. The van der Waals surface area contributed by atoms with E-state index >= 15 is 0 Å². The minimum absolute atomic E-state index is 0.0617. The topological polar surface area (TPSA) is 63.2 Å². The lowest BCUT2D eigenvalue weighted by atomic mass is 10.1. The van der Waals surface area contributed by atoms with Crippen molar-refractivity contribution < 1.29 is 19.3 Å². The molecule has 0 unspecified atom stereocenters. The molecule has 4 rings (SSSR count).